The van der Waals surface area contributed by atoms with Gasteiger partial charge < -0.3 is 10.2 Å². The number of nitrogens with one attached hydrogen (secondary N) is 1. The predicted octanol–water partition coefficient (Wildman–Crippen LogP) is 2.52. The lowest BCUT2D eigenvalue weighted by atomic mass is 9.81. The van der Waals surface area contributed by atoms with E-state index in [9.17, 15) is 14.4 Å². The van der Waals surface area contributed by atoms with Gasteiger partial charge in [0.25, 0.3) is 0 Å². The molecule has 1 aromatic carbocycles. The first-order valence-electron chi connectivity index (χ1n) is 8.50. The number of hydrogen-bond acceptors (Lipinski definition) is 4. The highest BCUT2D eigenvalue weighted by molar-refractivity contribution is 6.31. The molecule has 3 rings (SSSR count). The number of imide groups is 1. The zero-order chi connectivity index (χ0) is 18.1. The van der Waals surface area contributed by atoms with E-state index in [1.165, 1.54) is 0 Å². The fourth-order valence-electron chi connectivity index (χ4n) is 3.72. The molecule has 0 spiro atoms. The van der Waals surface area contributed by atoms with Crippen LogP contribution in [0.2, 0.25) is 5.02 Å². The van der Waals surface area contributed by atoms with Crippen molar-refractivity contribution in [3.05, 3.63) is 23.2 Å². The maximum Gasteiger partial charge on any atom is 0.244 e. The first-order valence-corrected chi connectivity index (χ1v) is 8.88. The van der Waals surface area contributed by atoms with E-state index in [1.54, 1.807) is 18.2 Å². The SMILES string of the molecule is CN(C)c1ccc(Cl)cc1NC(=O)CN1C(=O)C2CCCCC2C1=O. The van der Waals surface area contributed by atoms with Gasteiger partial charge in [-0.05, 0) is 31.0 Å². The first-order chi connectivity index (χ1) is 11.9. The second-order valence-corrected chi connectivity index (χ2v) is 7.30. The fourth-order valence-corrected chi connectivity index (χ4v) is 3.89. The molecule has 2 atom stereocenters. The van der Waals surface area contributed by atoms with Gasteiger partial charge in [0.05, 0.1) is 23.2 Å². The standard InChI is InChI=1S/C18H22ClN3O3/c1-21(2)15-8-7-11(19)9-14(15)20-16(23)10-22-17(24)12-5-3-4-6-13(12)18(22)25/h7-9,12-13H,3-6,10H2,1-2H3,(H,20,23). The van der Waals surface area contributed by atoms with Crippen LogP contribution in [0.3, 0.4) is 0 Å². The van der Waals surface area contributed by atoms with E-state index < -0.39 is 5.91 Å². The van der Waals surface area contributed by atoms with E-state index in [2.05, 4.69) is 5.32 Å². The van der Waals surface area contributed by atoms with Crippen LogP contribution in [0.1, 0.15) is 25.7 Å². The Kier molecular flexibility index (Phi) is 4.99. The molecule has 2 aliphatic rings. The summed E-state index contributed by atoms with van der Waals surface area (Å²) in [4.78, 5) is 40.3. The second kappa shape index (κ2) is 7.04. The van der Waals surface area contributed by atoms with Crippen molar-refractivity contribution < 1.29 is 14.4 Å². The molecule has 2 unspecified atom stereocenters. The number of carbonyl (C=O) groups excluding carboxylic acids is 3. The van der Waals surface area contributed by atoms with E-state index in [0.29, 0.717) is 10.7 Å². The fraction of sp³-hybridized carbons (Fsp3) is 0.500. The number of halogens is 1. The summed E-state index contributed by atoms with van der Waals surface area (Å²) < 4.78 is 0. The average molecular weight is 364 g/mol. The number of anilines is 2. The predicted molar refractivity (Wildman–Crippen MR) is 96.6 cm³/mol. The van der Waals surface area contributed by atoms with Crippen molar-refractivity contribution >= 4 is 40.7 Å². The number of fused-ring (bicyclic) bond motifs is 1. The van der Waals surface area contributed by atoms with Gasteiger partial charge in [-0.3, -0.25) is 19.3 Å². The minimum Gasteiger partial charge on any atom is -0.376 e. The zero-order valence-electron chi connectivity index (χ0n) is 14.4. The number of benzene rings is 1. The highest BCUT2D eigenvalue weighted by Crippen LogP contribution is 2.38. The summed E-state index contributed by atoms with van der Waals surface area (Å²) in [5, 5.41) is 3.27. The molecular weight excluding hydrogens is 342 g/mol. The average Bonchev–Trinajstić information content (AvgIpc) is 2.80. The molecule has 1 aliphatic heterocycles. The third-order valence-corrected chi connectivity index (χ3v) is 5.18. The molecule has 6 nitrogen and oxygen atoms in total. The molecule has 134 valence electrons. The van der Waals surface area contributed by atoms with E-state index in [-0.39, 0.29) is 30.2 Å². The summed E-state index contributed by atoms with van der Waals surface area (Å²) in [7, 11) is 3.72. The molecule has 1 saturated carbocycles. The van der Waals surface area contributed by atoms with Gasteiger partial charge in [-0.15, -0.1) is 0 Å². The lowest BCUT2D eigenvalue weighted by Crippen LogP contribution is -2.38. The van der Waals surface area contributed by atoms with Crippen LogP contribution >= 0.6 is 11.6 Å². The summed E-state index contributed by atoms with van der Waals surface area (Å²) in [6, 6.07) is 5.20. The van der Waals surface area contributed by atoms with Crippen LogP contribution in [-0.2, 0) is 14.4 Å². The lowest BCUT2D eigenvalue weighted by Gasteiger charge is -2.19. The normalized spacial score (nSPS) is 22.8. The molecule has 0 bridgehead atoms. The molecule has 1 aromatic rings. The second-order valence-electron chi connectivity index (χ2n) is 6.86. The van der Waals surface area contributed by atoms with Crippen LogP contribution in [-0.4, -0.2) is 43.3 Å². The van der Waals surface area contributed by atoms with Crippen molar-refractivity contribution in [1.82, 2.24) is 4.90 Å². The van der Waals surface area contributed by atoms with Crippen molar-refractivity contribution in [2.45, 2.75) is 25.7 Å². The van der Waals surface area contributed by atoms with Crippen LogP contribution in [0.15, 0.2) is 18.2 Å². The van der Waals surface area contributed by atoms with E-state index in [4.69, 9.17) is 11.6 Å². The Morgan fingerprint density at radius 2 is 1.80 bits per heavy atom. The van der Waals surface area contributed by atoms with E-state index in [1.807, 2.05) is 19.0 Å². The largest absolute Gasteiger partial charge is 0.376 e. The summed E-state index contributed by atoms with van der Waals surface area (Å²) in [5.41, 5.74) is 1.35. The van der Waals surface area contributed by atoms with Crippen LogP contribution < -0.4 is 10.2 Å². The summed E-state index contributed by atoms with van der Waals surface area (Å²) in [5.74, 6) is -1.28. The monoisotopic (exact) mass is 363 g/mol. The summed E-state index contributed by atoms with van der Waals surface area (Å²) >= 11 is 6.02. The Balaban J connectivity index is 1.72. The van der Waals surface area contributed by atoms with Gasteiger partial charge >= 0.3 is 0 Å². The first kappa shape index (κ1) is 17.7. The Morgan fingerprint density at radius 1 is 1.20 bits per heavy atom. The van der Waals surface area contributed by atoms with Crippen molar-refractivity contribution in [1.29, 1.82) is 0 Å². The smallest absolute Gasteiger partial charge is 0.244 e. The Bertz CT molecular complexity index is 696. The van der Waals surface area contributed by atoms with E-state index in [0.717, 1.165) is 36.3 Å². The summed E-state index contributed by atoms with van der Waals surface area (Å²) in [6.45, 7) is -0.246. The maximum absolute atomic E-state index is 12.5. The Morgan fingerprint density at radius 3 is 2.36 bits per heavy atom. The molecule has 1 N–H and O–H groups in total. The van der Waals surface area contributed by atoms with Crippen LogP contribution in [0.25, 0.3) is 0 Å². The third-order valence-electron chi connectivity index (χ3n) is 4.95. The topological polar surface area (TPSA) is 69.7 Å². The molecular formula is C18H22ClN3O3. The molecule has 25 heavy (non-hydrogen) atoms. The third kappa shape index (κ3) is 3.49. The maximum atomic E-state index is 12.5. The minimum absolute atomic E-state index is 0.205. The molecule has 0 radical (unpaired) electrons. The quantitative estimate of drug-likeness (QED) is 0.834. The molecule has 1 aliphatic carbocycles. The van der Waals surface area contributed by atoms with Gasteiger partial charge in [0, 0.05) is 19.1 Å². The number of hydrogen-bond donors (Lipinski definition) is 1. The van der Waals surface area contributed by atoms with Gasteiger partial charge in [-0.25, -0.2) is 0 Å². The lowest BCUT2D eigenvalue weighted by molar-refractivity contribution is -0.142. The molecule has 2 fully saturated rings. The summed E-state index contributed by atoms with van der Waals surface area (Å²) in [6.07, 6.45) is 3.42. The number of rotatable bonds is 4. The molecule has 1 saturated heterocycles. The van der Waals surface area contributed by atoms with Gasteiger partial charge in [0.2, 0.25) is 17.7 Å². The van der Waals surface area contributed by atoms with Crippen molar-refractivity contribution in [3.63, 3.8) is 0 Å². The van der Waals surface area contributed by atoms with Gasteiger partial charge in [0.1, 0.15) is 6.54 Å². The zero-order valence-corrected chi connectivity index (χ0v) is 15.2. The highest BCUT2D eigenvalue weighted by Gasteiger charge is 2.48. The van der Waals surface area contributed by atoms with Gasteiger partial charge in [0.15, 0.2) is 0 Å². The number of nitrogens with zero attached hydrogens (tertiary/aromatic N) is 2. The highest BCUT2D eigenvalue weighted by atomic mass is 35.5. The van der Waals surface area contributed by atoms with Crippen LogP contribution in [0, 0.1) is 11.8 Å². The van der Waals surface area contributed by atoms with E-state index >= 15 is 0 Å². The molecule has 7 heteroatoms. The number of amides is 3. The van der Waals surface area contributed by atoms with Gasteiger partial charge in [-0.2, -0.15) is 0 Å². The Hall–Kier alpha value is -2.08. The van der Waals surface area contributed by atoms with Crippen molar-refractivity contribution in [2.75, 3.05) is 30.9 Å². The molecule has 1 heterocycles. The number of carbonyl (C=O) groups is 3. The van der Waals surface area contributed by atoms with Gasteiger partial charge in [-0.1, -0.05) is 24.4 Å². The molecule has 3 amide bonds. The number of likely N-dealkylation sites (tertiary alicyclic amines) is 1. The molecule has 0 aromatic heterocycles. The van der Waals surface area contributed by atoms with Crippen molar-refractivity contribution in [2.24, 2.45) is 11.8 Å². The van der Waals surface area contributed by atoms with Crippen LogP contribution in [0.5, 0.6) is 0 Å². The Labute approximate surface area is 152 Å². The van der Waals surface area contributed by atoms with Crippen LogP contribution in [0.4, 0.5) is 11.4 Å². The minimum atomic E-state index is -0.397. The van der Waals surface area contributed by atoms with Crippen molar-refractivity contribution in [3.8, 4) is 0 Å².